The van der Waals surface area contributed by atoms with Gasteiger partial charge in [-0.3, -0.25) is 0 Å². The molecule has 0 saturated heterocycles. The van der Waals surface area contributed by atoms with Crippen LogP contribution in [0.3, 0.4) is 0 Å². The van der Waals surface area contributed by atoms with E-state index < -0.39 is 11.6 Å². The average Bonchev–Trinajstić information content (AvgIpc) is 2.23. The summed E-state index contributed by atoms with van der Waals surface area (Å²) < 4.78 is 25.8. The van der Waals surface area contributed by atoms with Crippen LogP contribution >= 0.6 is 0 Å². The van der Waals surface area contributed by atoms with E-state index in [9.17, 15) is 8.78 Å². The molecule has 16 heavy (non-hydrogen) atoms. The summed E-state index contributed by atoms with van der Waals surface area (Å²) >= 11 is 0. The summed E-state index contributed by atoms with van der Waals surface area (Å²) in [5.74, 6) is -1.61. The first-order valence-corrected chi connectivity index (χ1v) is 5.40. The molecule has 0 aliphatic rings. The van der Waals surface area contributed by atoms with Crippen molar-refractivity contribution in [3.8, 4) is 0 Å². The Morgan fingerprint density at radius 1 is 1.19 bits per heavy atom. The van der Waals surface area contributed by atoms with E-state index in [1.54, 1.807) is 13.1 Å². The van der Waals surface area contributed by atoms with E-state index in [0.29, 0.717) is 12.6 Å². The molecule has 1 aromatic carbocycles. The maximum atomic E-state index is 13.1. The van der Waals surface area contributed by atoms with Crippen LogP contribution in [-0.2, 0) is 0 Å². The summed E-state index contributed by atoms with van der Waals surface area (Å²) in [6.45, 7) is 4.76. The standard InChI is InChI=1S/C12H18F2N2/c1-8(2)16-7-12(15-3)9-4-5-10(13)11(14)6-9/h4-6,8,12,15-16H,7H2,1-3H3. The van der Waals surface area contributed by atoms with Crippen LogP contribution in [0.2, 0.25) is 0 Å². The molecule has 1 unspecified atom stereocenters. The number of rotatable bonds is 5. The van der Waals surface area contributed by atoms with Gasteiger partial charge in [0.25, 0.3) is 0 Å². The van der Waals surface area contributed by atoms with E-state index in [-0.39, 0.29) is 6.04 Å². The molecule has 90 valence electrons. The van der Waals surface area contributed by atoms with Gasteiger partial charge < -0.3 is 10.6 Å². The summed E-state index contributed by atoms with van der Waals surface area (Å²) in [5, 5.41) is 6.32. The Balaban J connectivity index is 2.74. The van der Waals surface area contributed by atoms with E-state index in [2.05, 4.69) is 10.6 Å². The molecular formula is C12H18F2N2. The maximum Gasteiger partial charge on any atom is 0.159 e. The number of hydrogen-bond acceptors (Lipinski definition) is 2. The fourth-order valence-electron chi connectivity index (χ4n) is 1.47. The van der Waals surface area contributed by atoms with Crippen LogP contribution < -0.4 is 10.6 Å². The van der Waals surface area contributed by atoms with E-state index in [0.717, 1.165) is 11.6 Å². The van der Waals surface area contributed by atoms with Gasteiger partial charge in [0.2, 0.25) is 0 Å². The van der Waals surface area contributed by atoms with Crippen molar-refractivity contribution < 1.29 is 8.78 Å². The van der Waals surface area contributed by atoms with Gasteiger partial charge in [0.05, 0.1) is 0 Å². The van der Waals surface area contributed by atoms with Gasteiger partial charge in [0, 0.05) is 18.6 Å². The van der Waals surface area contributed by atoms with Gasteiger partial charge in [0.15, 0.2) is 11.6 Å². The van der Waals surface area contributed by atoms with Gasteiger partial charge in [-0.25, -0.2) is 8.78 Å². The molecule has 0 spiro atoms. The molecule has 0 heterocycles. The van der Waals surface area contributed by atoms with Crippen molar-refractivity contribution in [3.05, 3.63) is 35.4 Å². The van der Waals surface area contributed by atoms with Crippen LogP contribution in [0.5, 0.6) is 0 Å². The lowest BCUT2D eigenvalue weighted by Crippen LogP contribution is -2.33. The molecule has 2 nitrogen and oxygen atoms in total. The van der Waals surface area contributed by atoms with Gasteiger partial charge in [-0.2, -0.15) is 0 Å². The van der Waals surface area contributed by atoms with E-state index >= 15 is 0 Å². The van der Waals surface area contributed by atoms with E-state index in [4.69, 9.17) is 0 Å². The Morgan fingerprint density at radius 2 is 1.88 bits per heavy atom. The van der Waals surface area contributed by atoms with Crippen molar-refractivity contribution in [2.24, 2.45) is 0 Å². The smallest absolute Gasteiger partial charge is 0.159 e. The van der Waals surface area contributed by atoms with Crippen LogP contribution in [-0.4, -0.2) is 19.6 Å². The van der Waals surface area contributed by atoms with Crippen molar-refractivity contribution in [2.75, 3.05) is 13.6 Å². The molecule has 0 radical (unpaired) electrons. The molecule has 0 aliphatic carbocycles. The molecular weight excluding hydrogens is 210 g/mol. The molecule has 0 bridgehead atoms. The first-order valence-electron chi connectivity index (χ1n) is 5.40. The highest BCUT2D eigenvalue weighted by molar-refractivity contribution is 5.21. The summed E-state index contributed by atoms with van der Waals surface area (Å²) in [6, 6.07) is 4.34. The molecule has 0 aliphatic heterocycles. The zero-order valence-corrected chi connectivity index (χ0v) is 9.85. The Kier molecular flexibility index (Phi) is 4.83. The molecule has 1 atom stereocenters. The van der Waals surface area contributed by atoms with E-state index in [1.807, 2.05) is 13.8 Å². The predicted octanol–water partition coefficient (Wildman–Crippen LogP) is 2.22. The largest absolute Gasteiger partial charge is 0.313 e. The molecule has 0 aromatic heterocycles. The highest BCUT2D eigenvalue weighted by Gasteiger charge is 2.11. The highest BCUT2D eigenvalue weighted by atomic mass is 19.2. The van der Waals surface area contributed by atoms with Crippen LogP contribution in [0.1, 0.15) is 25.5 Å². The molecule has 0 amide bonds. The third-order valence-electron chi connectivity index (χ3n) is 2.42. The van der Waals surface area contributed by atoms with Crippen LogP contribution in [0, 0.1) is 11.6 Å². The van der Waals surface area contributed by atoms with Crippen LogP contribution in [0.15, 0.2) is 18.2 Å². The average molecular weight is 228 g/mol. The SMILES string of the molecule is CNC(CNC(C)C)c1ccc(F)c(F)c1. The first-order chi connectivity index (χ1) is 7.54. The third kappa shape index (κ3) is 3.54. The maximum absolute atomic E-state index is 13.1. The Morgan fingerprint density at radius 3 is 2.38 bits per heavy atom. The Hall–Kier alpha value is -1.00. The fourth-order valence-corrected chi connectivity index (χ4v) is 1.47. The lowest BCUT2D eigenvalue weighted by molar-refractivity contribution is 0.478. The number of benzene rings is 1. The number of nitrogens with one attached hydrogen (secondary N) is 2. The van der Waals surface area contributed by atoms with Crippen molar-refractivity contribution in [1.82, 2.24) is 10.6 Å². The van der Waals surface area contributed by atoms with Crippen molar-refractivity contribution in [1.29, 1.82) is 0 Å². The van der Waals surface area contributed by atoms with Crippen molar-refractivity contribution in [3.63, 3.8) is 0 Å². The van der Waals surface area contributed by atoms with Gasteiger partial charge in [-0.1, -0.05) is 19.9 Å². The first kappa shape index (κ1) is 13.1. The molecule has 1 rings (SSSR count). The zero-order valence-electron chi connectivity index (χ0n) is 9.85. The number of likely N-dealkylation sites (N-methyl/N-ethyl adjacent to an activating group) is 1. The van der Waals surface area contributed by atoms with Gasteiger partial charge in [0.1, 0.15) is 0 Å². The molecule has 1 aromatic rings. The second-order valence-electron chi connectivity index (χ2n) is 4.08. The second-order valence-corrected chi connectivity index (χ2v) is 4.08. The topological polar surface area (TPSA) is 24.1 Å². The zero-order chi connectivity index (χ0) is 12.1. The summed E-state index contributed by atoms with van der Waals surface area (Å²) in [4.78, 5) is 0. The molecule has 0 saturated carbocycles. The van der Waals surface area contributed by atoms with Crippen molar-refractivity contribution >= 4 is 0 Å². The second kappa shape index (κ2) is 5.92. The predicted molar refractivity (Wildman–Crippen MR) is 61.3 cm³/mol. The number of halogens is 2. The Labute approximate surface area is 95.1 Å². The van der Waals surface area contributed by atoms with Gasteiger partial charge in [-0.05, 0) is 24.7 Å². The normalized spacial score (nSPS) is 13.1. The minimum Gasteiger partial charge on any atom is -0.313 e. The summed E-state index contributed by atoms with van der Waals surface area (Å²) in [7, 11) is 1.80. The molecule has 2 N–H and O–H groups in total. The quantitative estimate of drug-likeness (QED) is 0.807. The fraction of sp³-hybridized carbons (Fsp3) is 0.500. The molecule has 0 fully saturated rings. The van der Waals surface area contributed by atoms with Crippen molar-refractivity contribution in [2.45, 2.75) is 25.9 Å². The molecule has 4 heteroatoms. The highest BCUT2D eigenvalue weighted by Crippen LogP contribution is 2.15. The summed E-state index contributed by atoms with van der Waals surface area (Å²) in [6.07, 6.45) is 0. The van der Waals surface area contributed by atoms with Crippen LogP contribution in [0.4, 0.5) is 8.78 Å². The minimum absolute atomic E-state index is 0.0162. The third-order valence-corrected chi connectivity index (χ3v) is 2.42. The lowest BCUT2D eigenvalue weighted by Gasteiger charge is -2.19. The summed E-state index contributed by atoms with van der Waals surface area (Å²) in [5.41, 5.74) is 0.745. The van der Waals surface area contributed by atoms with Gasteiger partial charge in [-0.15, -0.1) is 0 Å². The van der Waals surface area contributed by atoms with E-state index in [1.165, 1.54) is 6.07 Å². The van der Waals surface area contributed by atoms with Gasteiger partial charge >= 0.3 is 0 Å². The monoisotopic (exact) mass is 228 g/mol. The number of hydrogen-bond donors (Lipinski definition) is 2. The van der Waals surface area contributed by atoms with Crippen LogP contribution in [0.25, 0.3) is 0 Å². The minimum atomic E-state index is -0.810. The lowest BCUT2D eigenvalue weighted by atomic mass is 10.1. The Bertz CT molecular complexity index is 340.